The molecule has 1 aliphatic rings. The molecule has 2 N–H and O–H groups in total. The summed E-state index contributed by atoms with van der Waals surface area (Å²) in [7, 11) is 0. The van der Waals surface area contributed by atoms with Crippen LogP contribution < -0.4 is 10.6 Å². The molecule has 1 aliphatic heterocycles. The molecule has 0 spiro atoms. The second-order valence-electron chi connectivity index (χ2n) is 4.52. The molecule has 1 saturated heterocycles. The number of amides is 1. The highest BCUT2D eigenvalue weighted by Gasteiger charge is 2.14. The van der Waals surface area contributed by atoms with Crippen LogP contribution in [0.5, 0.6) is 0 Å². The molecule has 0 aliphatic carbocycles. The standard InChI is InChI=1S/C13H19N3O/c17-13(16-12-2-1-7-15-10-12)4-3-11-5-8-14-9-6-11/h1-2,7,10-11,14H,3-6,8-9H2,(H,16,17). The average Bonchev–Trinajstić information content (AvgIpc) is 2.39. The normalized spacial score (nSPS) is 16.7. The number of aromatic nitrogens is 1. The van der Waals surface area contributed by atoms with E-state index in [1.165, 1.54) is 12.8 Å². The second-order valence-corrected chi connectivity index (χ2v) is 4.52. The molecule has 92 valence electrons. The fourth-order valence-corrected chi connectivity index (χ4v) is 2.17. The van der Waals surface area contributed by atoms with Crippen LogP contribution in [-0.2, 0) is 4.79 Å². The van der Waals surface area contributed by atoms with Gasteiger partial charge in [-0.25, -0.2) is 0 Å². The van der Waals surface area contributed by atoms with Crippen molar-refractivity contribution in [2.45, 2.75) is 25.7 Å². The summed E-state index contributed by atoms with van der Waals surface area (Å²) in [6.45, 7) is 2.18. The van der Waals surface area contributed by atoms with Crippen molar-refractivity contribution >= 4 is 11.6 Å². The number of nitrogens with one attached hydrogen (secondary N) is 2. The third-order valence-corrected chi connectivity index (χ3v) is 3.18. The zero-order valence-electron chi connectivity index (χ0n) is 9.98. The Kier molecular flexibility index (Phi) is 4.50. The molecule has 1 aromatic heterocycles. The van der Waals surface area contributed by atoms with Gasteiger partial charge in [0.2, 0.25) is 5.91 Å². The summed E-state index contributed by atoms with van der Waals surface area (Å²) in [4.78, 5) is 15.7. The number of nitrogens with zero attached hydrogens (tertiary/aromatic N) is 1. The lowest BCUT2D eigenvalue weighted by Gasteiger charge is -2.22. The molecule has 4 heteroatoms. The van der Waals surface area contributed by atoms with Gasteiger partial charge < -0.3 is 10.6 Å². The van der Waals surface area contributed by atoms with Crippen LogP contribution in [0.25, 0.3) is 0 Å². The quantitative estimate of drug-likeness (QED) is 0.833. The number of hydrogen-bond acceptors (Lipinski definition) is 3. The van der Waals surface area contributed by atoms with Crippen molar-refractivity contribution in [1.82, 2.24) is 10.3 Å². The van der Waals surface area contributed by atoms with Crippen molar-refractivity contribution in [1.29, 1.82) is 0 Å². The van der Waals surface area contributed by atoms with Gasteiger partial charge in [0.1, 0.15) is 0 Å². The first-order chi connectivity index (χ1) is 8.34. The first-order valence-corrected chi connectivity index (χ1v) is 6.25. The molecule has 0 unspecified atom stereocenters. The summed E-state index contributed by atoms with van der Waals surface area (Å²) in [6, 6.07) is 3.68. The van der Waals surface area contributed by atoms with E-state index in [1.807, 2.05) is 12.1 Å². The largest absolute Gasteiger partial charge is 0.325 e. The SMILES string of the molecule is O=C(CCC1CCNCC1)Nc1cccnc1. The van der Waals surface area contributed by atoms with E-state index >= 15 is 0 Å². The maximum absolute atomic E-state index is 11.7. The summed E-state index contributed by atoms with van der Waals surface area (Å²) in [6.07, 6.45) is 7.36. The lowest BCUT2D eigenvalue weighted by Crippen LogP contribution is -2.28. The third kappa shape index (κ3) is 4.15. The molecular formula is C13H19N3O. The molecular weight excluding hydrogens is 214 g/mol. The molecule has 2 heterocycles. The van der Waals surface area contributed by atoms with E-state index in [9.17, 15) is 4.79 Å². The summed E-state index contributed by atoms with van der Waals surface area (Å²) in [5.74, 6) is 0.799. The van der Waals surface area contributed by atoms with Crippen molar-refractivity contribution < 1.29 is 4.79 Å². The van der Waals surface area contributed by atoms with Gasteiger partial charge in [-0.15, -0.1) is 0 Å². The lowest BCUT2D eigenvalue weighted by molar-refractivity contribution is -0.116. The second kappa shape index (κ2) is 6.35. The Morgan fingerprint density at radius 1 is 1.47 bits per heavy atom. The van der Waals surface area contributed by atoms with Gasteiger partial charge in [0, 0.05) is 12.6 Å². The van der Waals surface area contributed by atoms with Crippen LogP contribution in [-0.4, -0.2) is 24.0 Å². The van der Waals surface area contributed by atoms with Crippen LogP contribution in [0, 0.1) is 5.92 Å². The molecule has 4 nitrogen and oxygen atoms in total. The van der Waals surface area contributed by atoms with Gasteiger partial charge in [-0.05, 0) is 50.4 Å². The summed E-state index contributed by atoms with van der Waals surface area (Å²) in [5.41, 5.74) is 0.780. The van der Waals surface area contributed by atoms with Crippen LogP contribution >= 0.6 is 0 Å². The maximum Gasteiger partial charge on any atom is 0.224 e. The molecule has 0 aromatic carbocycles. The number of carbonyl (C=O) groups is 1. The average molecular weight is 233 g/mol. The Morgan fingerprint density at radius 3 is 3.00 bits per heavy atom. The van der Waals surface area contributed by atoms with Gasteiger partial charge in [0.05, 0.1) is 11.9 Å². The van der Waals surface area contributed by atoms with Crippen molar-refractivity contribution in [2.75, 3.05) is 18.4 Å². The predicted molar refractivity (Wildman–Crippen MR) is 67.7 cm³/mol. The van der Waals surface area contributed by atoms with Gasteiger partial charge >= 0.3 is 0 Å². The minimum Gasteiger partial charge on any atom is -0.325 e. The van der Waals surface area contributed by atoms with Gasteiger partial charge in [-0.1, -0.05) is 0 Å². The van der Waals surface area contributed by atoms with Crippen LogP contribution in [0.4, 0.5) is 5.69 Å². The molecule has 17 heavy (non-hydrogen) atoms. The molecule has 0 saturated carbocycles. The van der Waals surface area contributed by atoms with Crippen molar-refractivity contribution in [2.24, 2.45) is 5.92 Å². The predicted octanol–water partition coefficient (Wildman–Crippen LogP) is 1.80. The van der Waals surface area contributed by atoms with Crippen LogP contribution in [0.1, 0.15) is 25.7 Å². The fraction of sp³-hybridized carbons (Fsp3) is 0.538. The number of anilines is 1. The van der Waals surface area contributed by atoms with E-state index in [0.717, 1.165) is 25.2 Å². The lowest BCUT2D eigenvalue weighted by atomic mass is 9.93. The number of rotatable bonds is 4. The highest BCUT2D eigenvalue weighted by atomic mass is 16.1. The number of piperidine rings is 1. The van der Waals surface area contributed by atoms with Gasteiger partial charge in [-0.3, -0.25) is 9.78 Å². The molecule has 2 rings (SSSR count). The van der Waals surface area contributed by atoms with Crippen molar-refractivity contribution in [3.8, 4) is 0 Å². The van der Waals surface area contributed by atoms with Gasteiger partial charge in [-0.2, -0.15) is 0 Å². The Hall–Kier alpha value is -1.42. The number of pyridine rings is 1. The van der Waals surface area contributed by atoms with Crippen molar-refractivity contribution in [3.05, 3.63) is 24.5 Å². The Bertz CT molecular complexity index is 347. The van der Waals surface area contributed by atoms with E-state index in [0.29, 0.717) is 12.3 Å². The minimum atomic E-state index is 0.0940. The first kappa shape index (κ1) is 12.0. The molecule has 0 radical (unpaired) electrons. The summed E-state index contributed by atoms with van der Waals surface area (Å²) in [5, 5.41) is 6.20. The topological polar surface area (TPSA) is 54.0 Å². The van der Waals surface area contributed by atoms with Crippen LogP contribution in [0.15, 0.2) is 24.5 Å². The Morgan fingerprint density at radius 2 is 2.29 bits per heavy atom. The smallest absolute Gasteiger partial charge is 0.224 e. The Labute approximate surface area is 102 Å². The van der Waals surface area contributed by atoms with Crippen molar-refractivity contribution in [3.63, 3.8) is 0 Å². The summed E-state index contributed by atoms with van der Waals surface area (Å²) >= 11 is 0. The first-order valence-electron chi connectivity index (χ1n) is 6.25. The van der Waals surface area contributed by atoms with Gasteiger partial charge in [0.25, 0.3) is 0 Å². The van der Waals surface area contributed by atoms with Crippen LogP contribution in [0.3, 0.4) is 0 Å². The van der Waals surface area contributed by atoms with E-state index in [1.54, 1.807) is 12.4 Å². The molecule has 1 fully saturated rings. The zero-order valence-corrected chi connectivity index (χ0v) is 9.98. The van der Waals surface area contributed by atoms with E-state index < -0.39 is 0 Å². The van der Waals surface area contributed by atoms with E-state index in [4.69, 9.17) is 0 Å². The van der Waals surface area contributed by atoms with E-state index in [-0.39, 0.29) is 5.91 Å². The monoisotopic (exact) mass is 233 g/mol. The summed E-state index contributed by atoms with van der Waals surface area (Å²) < 4.78 is 0. The maximum atomic E-state index is 11.7. The number of carbonyl (C=O) groups excluding carboxylic acids is 1. The zero-order chi connectivity index (χ0) is 11.9. The fourth-order valence-electron chi connectivity index (χ4n) is 2.17. The third-order valence-electron chi connectivity index (χ3n) is 3.18. The molecule has 0 bridgehead atoms. The highest BCUT2D eigenvalue weighted by Crippen LogP contribution is 2.18. The Balaban J connectivity index is 1.70. The van der Waals surface area contributed by atoms with Crippen LogP contribution in [0.2, 0.25) is 0 Å². The highest BCUT2D eigenvalue weighted by molar-refractivity contribution is 5.90. The molecule has 0 atom stereocenters. The molecule has 1 amide bonds. The number of hydrogen-bond donors (Lipinski definition) is 2. The minimum absolute atomic E-state index is 0.0940. The van der Waals surface area contributed by atoms with Gasteiger partial charge in [0.15, 0.2) is 0 Å². The van der Waals surface area contributed by atoms with E-state index in [2.05, 4.69) is 15.6 Å². The molecule has 1 aromatic rings.